The molecule has 10 heteroatoms. The lowest BCUT2D eigenvalue weighted by molar-refractivity contribution is 0.0781. The minimum Gasteiger partial charge on any atom is -0.497 e. The van der Waals surface area contributed by atoms with Crippen LogP contribution in [-0.4, -0.2) is 70.6 Å². The van der Waals surface area contributed by atoms with Crippen molar-refractivity contribution in [3.63, 3.8) is 0 Å². The van der Waals surface area contributed by atoms with Gasteiger partial charge in [-0.15, -0.1) is 0 Å². The molecule has 1 heterocycles. The molecular formula is C24H31NO8S. The smallest absolute Gasteiger partial charge is 0.268 e. The Morgan fingerprint density at radius 2 is 1.62 bits per heavy atom. The maximum absolute atomic E-state index is 13.5. The summed E-state index contributed by atoms with van der Waals surface area (Å²) in [5, 5.41) is -1.08. The Morgan fingerprint density at radius 1 is 1.03 bits per heavy atom. The van der Waals surface area contributed by atoms with Crippen LogP contribution in [0.4, 0.5) is 0 Å². The first-order chi connectivity index (χ1) is 16.1. The Bertz CT molecular complexity index is 1110. The van der Waals surface area contributed by atoms with Gasteiger partial charge in [0.05, 0.1) is 33.7 Å². The highest BCUT2D eigenvalue weighted by Crippen LogP contribution is 2.44. The molecule has 2 atom stereocenters. The molecule has 1 amide bonds. The maximum atomic E-state index is 13.5. The van der Waals surface area contributed by atoms with Gasteiger partial charge in [-0.1, -0.05) is 19.1 Å². The summed E-state index contributed by atoms with van der Waals surface area (Å²) in [6.45, 7) is 2.15. The predicted molar refractivity (Wildman–Crippen MR) is 127 cm³/mol. The molecule has 1 aliphatic heterocycles. The number of amides is 1. The van der Waals surface area contributed by atoms with Gasteiger partial charge < -0.3 is 23.8 Å². The number of nitrogens with zero attached hydrogens (tertiary/aromatic N) is 1. The molecule has 0 radical (unpaired) electrons. The predicted octanol–water partition coefficient (Wildman–Crippen LogP) is 3.17. The highest BCUT2D eigenvalue weighted by atomic mass is 32.2. The van der Waals surface area contributed by atoms with Gasteiger partial charge in [0.1, 0.15) is 5.75 Å². The molecule has 1 aliphatic rings. The Kier molecular flexibility index (Phi) is 7.62. The van der Waals surface area contributed by atoms with Gasteiger partial charge in [-0.25, -0.2) is 0 Å². The third-order valence-corrected chi connectivity index (χ3v) is 8.01. The SMILES string of the molecule is CCC(C1(c2ccc(OC)cc2)CCN(C(=O)c2cc(OC)c(OC)c(OC)c2)C1)S(=O)(=O)O. The van der Waals surface area contributed by atoms with Gasteiger partial charge in [0.25, 0.3) is 16.0 Å². The van der Waals surface area contributed by atoms with Gasteiger partial charge in [-0.05, 0) is 42.7 Å². The average Bonchev–Trinajstić information content (AvgIpc) is 3.27. The second-order valence-electron chi connectivity index (χ2n) is 8.19. The number of carbonyl (C=O) groups is 1. The van der Waals surface area contributed by atoms with Crippen LogP contribution in [0.15, 0.2) is 36.4 Å². The molecule has 0 aromatic heterocycles. The topological polar surface area (TPSA) is 112 Å². The van der Waals surface area contributed by atoms with E-state index in [0.29, 0.717) is 41.5 Å². The van der Waals surface area contributed by atoms with E-state index in [1.807, 2.05) is 0 Å². The number of hydrogen-bond acceptors (Lipinski definition) is 7. The van der Waals surface area contributed by atoms with Crippen LogP contribution in [0.2, 0.25) is 0 Å². The summed E-state index contributed by atoms with van der Waals surface area (Å²) >= 11 is 0. The Balaban J connectivity index is 2.04. The standard InChI is InChI=1S/C24H31NO8S/c1-6-21(34(27,28)29)24(17-7-9-18(30-2)10-8-17)11-12-25(15-24)23(26)16-13-19(31-3)22(33-5)20(14-16)32-4/h7-10,13-14,21H,6,11-12,15H2,1-5H3,(H,27,28,29). The summed E-state index contributed by atoms with van der Waals surface area (Å²) in [5.41, 5.74) is 0.0585. The van der Waals surface area contributed by atoms with Crippen LogP contribution < -0.4 is 18.9 Å². The van der Waals surface area contributed by atoms with E-state index in [1.54, 1.807) is 55.3 Å². The lowest BCUT2D eigenvalue weighted by Gasteiger charge is -2.36. The van der Waals surface area contributed by atoms with E-state index in [4.69, 9.17) is 18.9 Å². The molecule has 1 fully saturated rings. The zero-order chi connectivity index (χ0) is 25.1. The zero-order valence-corrected chi connectivity index (χ0v) is 20.8. The van der Waals surface area contributed by atoms with Crippen LogP contribution in [0.3, 0.4) is 0 Å². The maximum Gasteiger partial charge on any atom is 0.268 e. The van der Waals surface area contributed by atoms with Crippen molar-refractivity contribution in [2.24, 2.45) is 0 Å². The van der Waals surface area contributed by atoms with E-state index in [9.17, 15) is 17.8 Å². The largest absolute Gasteiger partial charge is 0.497 e. The van der Waals surface area contributed by atoms with Crippen LogP contribution in [0, 0.1) is 0 Å². The molecule has 186 valence electrons. The molecule has 2 unspecified atom stereocenters. The first-order valence-electron chi connectivity index (χ1n) is 10.8. The summed E-state index contributed by atoms with van der Waals surface area (Å²) in [7, 11) is 1.57. The molecular weight excluding hydrogens is 462 g/mol. The monoisotopic (exact) mass is 493 g/mol. The third-order valence-electron chi connectivity index (χ3n) is 6.51. The van der Waals surface area contributed by atoms with Gasteiger partial charge in [0.2, 0.25) is 5.75 Å². The Morgan fingerprint density at radius 3 is 2.06 bits per heavy atom. The molecule has 9 nitrogen and oxygen atoms in total. The Labute approximate surface area is 200 Å². The Hall–Kier alpha value is -2.98. The minimum atomic E-state index is -4.39. The first kappa shape index (κ1) is 25.6. The second-order valence-corrected chi connectivity index (χ2v) is 9.79. The number of hydrogen-bond donors (Lipinski definition) is 1. The number of benzene rings is 2. The lowest BCUT2D eigenvalue weighted by Crippen LogP contribution is -2.47. The second kappa shape index (κ2) is 10.1. The number of methoxy groups -OCH3 is 4. The molecule has 0 spiro atoms. The normalized spacial score (nSPS) is 18.9. The third kappa shape index (κ3) is 4.65. The quantitative estimate of drug-likeness (QED) is 0.530. The summed E-state index contributed by atoms with van der Waals surface area (Å²) in [6, 6.07) is 10.2. The van der Waals surface area contributed by atoms with Crippen molar-refractivity contribution in [3.8, 4) is 23.0 Å². The van der Waals surface area contributed by atoms with E-state index in [0.717, 1.165) is 5.56 Å². The molecule has 0 saturated carbocycles. The van der Waals surface area contributed by atoms with Crippen molar-refractivity contribution in [1.29, 1.82) is 0 Å². The van der Waals surface area contributed by atoms with Crippen molar-refractivity contribution < 1.29 is 36.7 Å². The van der Waals surface area contributed by atoms with Gasteiger partial charge >= 0.3 is 0 Å². The highest BCUT2D eigenvalue weighted by Gasteiger charge is 2.51. The highest BCUT2D eigenvalue weighted by molar-refractivity contribution is 7.86. The van der Waals surface area contributed by atoms with Crippen molar-refractivity contribution >= 4 is 16.0 Å². The summed E-state index contributed by atoms with van der Waals surface area (Å²) in [6.07, 6.45) is 0.560. The summed E-state index contributed by atoms with van der Waals surface area (Å²) < 4.78 is 56.2. The number of likely N-dealkylation sites (tertiary alicyclic amines) is 1. The van der Waals surface area contributed by atoms with Crippen molar-refractivity contribution in [3.05, 3.63) is 47.5 Å². The van der Waals surface area contributed by atoms with Crippen LogP contribution in [0.5, 0.6) is 23.0 Å². The molecule has 2 aromatic rings. The molecule has 3 rings (SSSR count). The molecule has 0 bridgehead atoms. The van der Waals surface area contributed by atoms with E-state index < -0.39 is 20.8 Å². The summed E-state index contributed by atoms with van der Waals surface area (Å²) in [4.78, 5) is 15.1. The van der Waals surface area contributed by atoms with Crippen LogP contribution in [0.1, 0.15) is 35.7 Å². The zero-order valence-electron chi connectivity index (χ0n) is 20.0. The molecule has 1 N–H and O–H groups in total. The van der Waals surface area contributed by atoms with Gasteiger partial charge in [0.15, 0.2) is 11.5 Å². The lowest BCUT2D eigenvalue weighted by atomic mass is 9.75. The number of rotatable bonds is 9. The van der Waals surface area contributed by atoms with Gasteiger partial charge in [-0.2, -0.15) is 8.42 Å². The fourth-order valence-corrected chi connectivity index (χ4v) is 6.21. The fraction of sp³-hybridized carbons (Fsp3) is 0.458. The number of ether oxygens (including phenoxy) is 4. The molecule has 34 heavy (non-hydrogen) atoms. The van der Waals surface area contributed by atoms with Crippen molar-refractivity contribution in [2.75, 3.05) is 41.5 Å². The average molecular weight is 494 g/mol. The molecule has 1 saturated heterocycles. The fourth-order valence-electron chi connectivity index (χ4n) is 4.89. The van der Waals surface area contributed by atoms with Crippen LogP contribution in [0.25, 0.3) is 0 Å². The van der Waals surface area contributed by atoms with Gasteiger partial charge in [-0.3, -0.25) is 9.35 Å². The van der Waals surface area contributed by atoms with E-state index in [-0.39, 0.29) is 18.9 Å². The van der Waals surface area contributed by atoms with Crippen molar-refractivity contribution in [2.45, 2.75) is 30.4 Å². The van der Waals surface area contributed by atoms with Crippen LogP contribution in [-0.2, 0) is 15.5 Å². The first-order valence-corrected chi connectivity index (χ1v) is 12.4. The molecule has 0 aliphatic carbocycles. The minimum absolute atomic E-state index is 0.118. The molecule has 2 aromatic carbocycles. The number of carbonyl (C=O) groups excluding carboxylic acids is 1. The van der Waals surface area contributed by atoms with E-state index in [1.165, 1.54) is 21.3 Å². The van der Waals surface area contributed by atoms with Gasteiger partial charge in [0, 0.05) is 24.1 Å². The van der Waals surface area contributed by atoms with E-state index in [2.05, 4.69) is 0 Å². The van der Waals surface area contributed by atoms with E-state index >= 15 is 0 Å². The van der Waals surface area contributed by atoms with Crippen LogP contribution >= 0.6 is 0 Å². The van der Waals surface area contributed by atoms with Crippen molar-refractivity contribution in [1.82, 2.24) is 4.90 Å². The summed E-state index contributed by atoms with van der Waals surface area (Å²) in [5.74, 6) is 1.38.